The van der Waals surface area contributed by atoms with Crippen LogP contribution in [0.15, 0.2) is 11.6 Å². The zero-order chi connectivity index (χ0) is 27.9. The van der Waals surface area contributed by atoms with Gasteiger partial charge in [-0.2, -0.15) is 0 Å². The number of esters is 1. The SMILES string of the molecule is CCCC(=O)O[C@H]1CC[C@@]2(C)[C@@H](CC[C@]3(C)[C@@H]2CC=C2[C@@H]4[C@@H](C)[C@H](C)CC[C@]4(C)CC[C@]23C)[C@@]1(C)C(=O)O. The molecule has 0 aromatic rings. The fourth-order valence-corrected chi connectivity index (χ4v) is 11.4. The van der Waals surface area contributed by atoms with Gasteiger partial charge in [-0.1, -0.05) is 60.1 Å². The molecule has 4 fully saturated rings. The molecule has 11 atom stereocenters. The molecule has 4 nitrogen and oxygen atoms in total. The number of fused-ring (bicyclic) bond motifs is 7. The zero-order valence-corrected chi connectivity index (χ0v) is 25.5. The van der Waals surface area contributed by atoms with E-state index < -0.39 is 17.5 Å². The van der Waals surface area contributed by atoms with Crippen LogP contribution in [0.5, 0.6) is 0 Å². The summed E-state index contributed by atoms with van der Waals surface area (Å²) in [6, 6.07) is 0. The molecular weight excluding hydrogens is 472 g/mol. The first kappa shape index (κ1) is 28.2. The summed E-state index contributed by atoms with van der Waals surface area (Å²) in [6.45, 7) is 19.0. The lowest BCUT2D eigenvalue weighted by Crippen LogP contribution is -2.66. The van der Waals surface area contributed by atoms with Gasteiger partial charge in [0, 0.05) is 6.42 Å². The van der Waals surface area contributed by atoms with E-state index >= 15 is 0 Å². The number of hydrogen-bond donors (Lipinski definition) is 1. The lowest BCUT2D eigenvalue weighted by molar-refractivity contribution is -0.223. The Labute approximate surface area is 231 Å². The number of carboxylic acids is 1. The van der Waals surface area contributed by atoms with Crippen molar-refractivity contribution in [1.29, 1.82) is 0 Å². The molecule has 0 bridgehead atoms. The molecule has 0 aliphatic heterocycles. The summed E-state index contributed by atoms with van der Waals surface area (Å²) < 4.78 is 5.93. The summed E-state index contributed by atoms with van der Waals surface area (Å²) in [6.07, 6.45) is 13.1. The minimum Gasteiger partial charge on any atom is -0.481 e. The lowest BCUT2D eigenvalue weighted by Gasteiger charge is -2.71. The van der Waals surface area contributed by atoms with Crippen LogP contribution < -0.4 is 0 Å². The van der Waals surface area contributed by atoms with Crippen molar-refractivity contribution in [3.05, 3.63) is 11.6 Å². The highest BCUT2D eigenvalue weighted by molar-refractivity contribution is 5.77. The summed E-state index contributed by atoms with van der Waals surface area (Å²) in [5.74, 6) is 1.60. The third-order valence-corrected chi connectivity index (χ3v) is 14.2. The maximum Gasteiger partial charge on any atom is 0.313 e. The van der Waals surface area contributed by atoms with Crippen LogP contribution in [0.3, 0.4) is 0 Å². The maximum absolute atomic E-state index is 13.0. The number of ether oxygens (including phenoxy) is 1. The van der Waals surface area contributed by atoms with E-state index in [9.17, 15) is 14.7 Å². The van der Waals surface area contributed by atoms with Crippen molar-refractivity contribution in [3.8, 4) is 0 Å². The fraction of sp³-hybridized carbons (Fsp3) is 0.882. The molecule has 0 unspecified atom stereocenters. The standard InChI is InChI=1S/C34H54O4/c1-9-10-27(35)38-26-15-17-31(5)24-12-11-23-28-22(3)21(2)13-16-30(28,4)19-20-32(23,6)33(24,7)18-14-25(31)34(26,8)29(36)37/h11,21-22,24-26,28H,9-10,12-20H2,1-8H3,(H,36,37)/t21-,22+,24-,25-,26+,28+,30-,31-,32-,33-,34-/m1/s1. The summed E-state index contributed by atoms with van der Waals surface area (Å²) in [5, 5.41) is 10.7. The fourth-order valence-electron chi connectivity index (χ4n) is 11.4. The van der Waals surface area contributed by atoms with Gasteiger partial charge in [0.1, 0.15) is 11.5 Å². The first-order chi connectivity index (χ1) is 17.7. The Morgan fingerprint density at radius 3 is 2.32 bits per heavy atom. The van der Waals surface area contributed by atoms with Crippen molar-refractivity contribution in [2.45, 2.75) is 132 Å². The predicted octanol–water partition coefficient (Wildman–Crippen LogP) is 8.44. The first-order valence-electron chi connectivity index (χ1n) is 15.8. The Bertz CT molecular complexity index is 1020. The van der Waals surface area contributed by atoms with Gasteiger partial charge in [0.05, 0.1) is 0 Å². The van der Waals surface area contributed by atoms with E-state index in [1.54, 1.807) is 5.57 Å². The smallest absolute Gasteiger partial charge is 0.313 e. The third kappa shape index (κ3) is 3.59. The van der Waals surface area contributed by atoms with E-state index in [0.717, 1.165) is 43.9 Å². The van der Waals surface area contributed by atoms with Gasteiger partial charge in [0.2, 0.25) is 0 Å². The van der Waals surface area contributed by atoms with Crippen LogP contribution in [0.2, 0.25) is 0 Å². The molecule has 1 N–H and O–H groups in total. The van der Waals surface area contributed by atoms with Crippen molar-refractivity contribution < 1.29 is 19.4 Å². The molecule has 5 aliphatic rings. The number of carboxylic acid groups (broad SMARTS) is 1. The van der Waals surface area contributed by atoms with Crippen molar-refractivity contribution in [2.24, 2.45) is 56.7 Å². The van der Waals surface area contributed by atoms with Gasteiger partial charge >= 0.3 is 11.9 Å². The molecule has 4 saturated carbocycles. The molecule has 5 rings (SSSR count). The molecule has 4 heteroatoms. The molecular formula is C34H54O4. The number of hydrogen-bond acceptors (Lipinski definition) is 3. The van der Waals surface area contributed by atoms with Crippen molar-refractivity contribution in [3.63, 3.8) is 0 Å². The largest absolute Gasteiger partial charge is 0.481 e. The van der Waals surface area contributed by atoms with Crippen molar-refractivity contribution in [1.82, 2.24) is 0 Å². The monoisotopic (exact) mass is 526 g/mol. The summed E-state index contributed by atoms with van der Waals surface area (Å²) in [7, 11) is 0. The molecule has 0 spiro atoms. The van der Waals surface area contributed by atoms with E-state index in [4.69, 9.17) is 4.74 Å². The van der Waals surface area contributed by atoms with Gasteiger partial charge in [-0.25, -0.2) is 0 Å². The second kappa shape index (κ2) is 9.10. The van der Waals surface area contributed by atoms with Gasteiger partial charge < -0.3 is 9.84 Å². The van der Waals surface area contributed by atoms with Crippen LogP contribution in [0.4, 0.5) is 0 Å². The summed E-state index contributed by atoms with van der Waals surface area (Å²) >= 11 is 0. The first-order valence-corrected chi connectivity index (χ1v) is 15.8. The Morgan fingerprint density at radius 2 is 1.66 bits per heavy atom. The van der Waals surface area contributed by atoms with E-state index in [1.165, 1.54) is 25.7 Å². The number of carbonyl (C=O) groups is 2. The van der Waals surface area contributed by atoms with Gasteiger partial charge in [0.25, 0.3) is 0 Å². The topological polar surface area (TPSA) is 63.6 Å². The number of aliphatic carboxylic acids is 1. The van der Waals surface area contributed by atoms with Gasteiger partial charge in [-0.05, 0) is 122 Å². The molecule has 214 valence electrons. The molecule has 0 heterocycles. The Kier molecular flexibility index (Phi) is 6.76. The average Bonchev–Trinajstić information content (AvgIpc) is 2.84. The van der Waals surface area contributed by atoms with Crippen LogP contribution in [0, 0.1) is 56.7 Å². The number of rotatable bonds is 4. The molecule has 0 saturated heterocycles. The average molecular weight is 527 g/mol. The molecule has 0 radical (unpaired) electrons. The highest BCUT2D eigenvalue weighted by atomic mass is 16.5. The zero-order valence-electron chi connectivity index (χ0n) is 25.5. The second-order valence-electron chi connectivity index (χ2n) is 15.7. The lowest BCUT2D eigenvalue weighted by atomic mass is 9.33. The number of carbonyl (C=O) groups excluding carboxylic acids is 1. The minimum atomic E-state index is -1.04. The Hall–Kier alpha value is -1.32. The second-order valence-corrected chi connectivity index (χ2v) is 15.7. The van der Waals surface area contributed by atoms with Crippen molar-refractivity contribution in [2.75, 3.05) is 0 Å². The molecule has 0 aromatic heterocycles. The van der Waals surface area contributed by atoms with E-state index in [-0.39, 0.29) is 28.1 Å². The van der Waals surface area contributed by atoms with Crippen molar-refractivity contribution >= 4 is 11.9 Å². The molecule has 5 aliphatic carbocycles. The van der Waals surface area contributed by atoms with E-state index in [0.29, 0.717) is 30.1 Å². The Morgan fingerprint density at radius 1 is 0.947 bits per heavy atom. The van der Waals surface area contributed by atoms with Crippen LogP contribution in [-0.4, -0.2) is 23.1 Å². The van der Waals surface area contributed by atoms with E-state index in [1.807, 2.05) is 13.8 Å². The van der Waals surface area contributed by atoms with Crippen LogP contribution in [0.25, 0.3) is 0 Å². The van der Waals surface area contributed by atoms with Gasteiger partial charge in [-0.3, -0.25) is 9.59 Å². The van der Waals surface area contributed by atoms with Gasteiger partial charge in [-0.15, -0.1) is 0 Å². The Balaban J connectivity index is 1.53. The molecule has 0 amide bonds. The summed E-state index contributed by atoms with van der Waals surface area (Å²) in [5.41, 5.74) is 1.39. The predicted molar refractivity (Wildman–Crippen MR) is 151 cm³/mol. The summed E-state index contributed by atoms with van der Waals surface area (Å²) in [4.78, 5) is 25.5. The van der Waals surface area contributed by atoms with Crippen LogP contribution in [0.1, 0.15) is 126 Å². The highest BCUT2D eigenvalue weighted by Gasteiger charge is 2.70. The maximum atomic E-state index is 13.0. The molecule has 0 aromatic carbocycles. The van der Waals surface area contributed by atoms with Crippen LogP contribution in [-0.2, 0) is 14.3 Å². The molecule has 38 heavy (non-hydrogen) atoms. The third-order valence-electron chi connectivity index (χ3n) is 14.2. The van der Waals surface area contributed by atoms with Crippen LogP contribution >= 0.6 is 0 Å². The minimum absolute atomic E-state index is 0.0137. The highest BCUT2D eigenvalue weighted by Crippen LogP contribution is 2.75. The van der Waals surface area contributed by atoms with Gasteiger partial charge in [0.15, 0.2) is 0 Å². The van der Waals surface area contributed by atoms with E-state index in [2.05, 4.69) is 47.6 Å². The number of allylic oxidation sites excluding steroid dienone is 2. The normalized spacial score (nSPS) is 51.9. The quantitative estimate of drug-likeness (QED) is 0.295.